The summed E-state index contributed by atoms with van der Waals surface area (Å²) in [5, 5.41) is 22.7. The summed E-state index contributed by atoms with van der Waals surface area (Å²) in [5.41, 5.74) is 2.16. The van der Waals surface area contributed by atoms with Crippen LogP contribution in [0.2, 0.25) is 0 Å². The predicted molar refractivity (Wildman–Crippen MR) is 147 cm³/mol. The maximum absolute atomic E-state index is 12.8. The highest BCUT2D eigenvalue weighted by atomic mass is 79.9. The number of hydrogen-bond donors (Lipinski definition) is 0. The van der Waals surface area contributed by atoms with Crippen LogP contribution >= 0.6 is 31.9 Å². The number of carbonyl (C=O) groups is 1. The summed E-state index contributed by atoms with van der Waals surface area (Å²) in [4.78, 5) is 34.5. The van der Waals surface area contributed by atoms with Gasteiger partial charge < -0.3 is 9.47 Å². The summed E-state index contributed by atoms with van der Waals surface area (Å²) in [6.45, 7) is 0. The van der Waals surface area contributed by atoms with Gasteiger partial charge >= 0.3 is 6.16 Å². The van der Waals surface area contributed by atoms with Crippen molar-refractivity contribution in [2.45, 2.75) is 12.8 Å². The normalized spacial score (nSPS) is 10.6. The van der Waals surface area contributed by atoms with Crippen molar-refractivity contribution < 1.29 is 24.1 Å². The van der Waals surface area contributed by atoms with E-state index in [9.17, 15) is 25.0 Å². The highest BCUT2D eigenvalue weighted by molar-refractivity contribution is 9.10. The molecule has 0 fully saturated rings. The van der Waals surface area contributed by atoms with Crippen LogP contribution in [0.25, 0.3) is 0 Å². The molecule has 0 spiro atoms. The summed E-state index contributed by atoms with van der Waals surface area (Å²) < 4.78 is 12.5. The average Bonchev–Trinajstić information content (AvgIpc) is 2.88. The van der Waals surface area contributed by atoms with E-state index in [1.54, 1.807) is 0 Å². The van der Waals surface area contributed by atoms with Crippen molar-refractivity contribution in [3.63, 3.8) is 0 Å². The number of carbonyl (C=O) groups excluding carboxylic acids is 1. The molecule has 0 aromatic heterocycles. The van der Waals surface area contributed by atoms with Gasteiger partial charge in [-0.05, 0) is 35.4 Å². The van der Waals surface area contributed by atoms with Gasteiger partial charge in [0.25, 0.3) is 11.4 Å². The maximum atomic E-state index is 12.8. The van der Waals surface area contributed by atoms with Crippen LogP contribution < -0.4 is 9.47 Å². The minimum absolute atomic E-state index is 0.0885. The van der Waals surface area contributed by atoms with Gasteiger partial charge in [0.15, 0.2) is 0 Å². The van der Waals surface area contributed by atoms with Crippen LogP contribution in [0.3, 0.4) is 0 Å². The lowest BCUT2D eigenvalue weighted by Crippen LogP contribution is -2.16. The van der Waals surface area contributed by atoms with E-state index in [0.717, 1.165) is 20.1 Å². The van der Waals surface area contributed by atoms with Crippen LogP contribution in [0, 0.1) is 20.2 Å². The highest BCUT2D eigenvalue weighted by Crippen LogP contribution is 2.32. The van der Waals surface area contributed by atoms with Gasteiger partial charge in [-0.15, -0.1) is 0 Å². The molecule has 0 saturated carbocycles. The van der Waals surface area contributed by atoms with E-state index in [0.29, 0.717) is 11.1 Å². The largest absolute Gasteiger partial charge is 0.519 e. The third-order valence-corrected chi connectivity index (χ3v) is 7.12. The second-order valence-electron chi connectivity index (χ2n) is 8.09. The second kappa shape index (κ2) is 12.0. The van der Waals surface area contributed by atoms with Crippen molar-refractivity contribution >= 4 is 49.4 Å². The van der Waals surface area contributed by atoms with Crippen LogP contribution in [0.1, 0.15) is 22.3 Å². The highest BCUT2D eigenvalue weighted by Gasteiger charge is 2.20. The first-order valence-corrected chi connectivity index (χ1v) is 12.7. The van der Waals surface area contributed by atoms with E-state index in [4.69, 9.17) is 9.47 Å². The molecular weight excluding hydrogens is 624 g/mol. The van der Waals surface area contributed by atoms with Crippen LogP contribution in [0.15, 0.2) is 93.9 Å². The van der Waals surface area contributed by atoms with Crippen molar-refractivity contribution in [3.05, 3.63) is 136 Å². The lowest BCUT2D eigenvalue weighted by molar-refractivity contribution is -0.385. The smallest absolute Gasteiger partial charge is 0.394 e. The van der Waals surface area contributed by atoms with Gasteiger partial charge in [-0.3, -0.25) is 20.2 Å². The summed E-state index contributed by atoms with van der Waals surface area (Å²) >= 11 is 6.92. The number of hydrogen-bond acceptors (Lipinski definition) is 7. The molecule has 0 saturated heterocycles. The van der Waals surface area contributed by atoms with Crippen LogP contribution in [0.4, 0.5) is 16.2 Å². The van der Waals surface area contributed by atoms with E-state index >= 15 is 0 Å². The molecule has 11 heteroatoms. The Labute approximate surface area is 233 Å². The number of ether oxygens (including phenoxy) is 2. The lowest BCUT2D eigenvalue weighted by atomic mass is 10.0. The molecule has 0 atom stereocenters. The number of benzene rings is 4. The predicted octanol–water partition coefficient (Wildman–Crippen LogP) is 7.79. The van der Waals surface area contributed by atoms with E-state index in [1.165, 1.54) is 36.4 Å². The van der Waals surface area contributed by atoms with E-state index in [1.807, 2.05) is 48.5 Å². The fourth-order valence-electron chi connectivity index (χ4n) is 3.73. The fraction of sp³-hybridized carbons (Fsp3) is 0.0741. The van der Waals surface area contributed by atoms with Crippen molar-refractivity contribution in [2.75, 3.05) is 0 Å². The molecule has 0 unspecified atom stereocenters. The molecule has 9 nitrogen and oxygen atoms in total. The third-order valence-electron chi connectivity index (χ3n) is 5.57. The van der Waals surface area contributed by atoms with Gasteiger partial charge in [-0.25, -0.2) is 4.79 Å². The number of rotatable bonds is 8. The Kier molecular flexibility index (Phi) is 8.49. The minimum Gasteiger partial charge on any atom is -0.394 e. The van der Waals surface area contributed by atoms with E-state index in [2.05, 4.69) is 31.9 Å². The molecule has 0 N–H and O–H groups in total. The molecule has 4 aromatic rings. The van der Waals surface area contributed by atoms with Crippen molar-refractivity contribution in [1.82, 2.24) is 0 Å². The summed E-state index contributed by atoms with van der Waals surface area (Å²) in [6.07, 6.45) is -0.595. The Morgan fingerprint density at radius 3 is 1.39 bits per heavy atom. The molecule has 0 aliphatic heterocycles. The first-order valence-electron chi connectivity index (χ1n) is 11.1. The zero-order valence-electron chi connectivity index (χ0n) is 19.5. The van der Waals surface area contributed by atoms with E-state index < -0.39 is 16.0 Å². The van der Waals surface area contributed by atoms with Gasteiger partial charge in [-0.1, -0.05) is 68.3 Å². The quantitative estimate of drug-likeness (QED) is 0.0833. The Hall–Kier alpha value is -4.09. The topological polar surface area (TPSA) is 122 Å². The summed E-state index contributed by atoms with van der Waals surface area (Å²) in [5.74, 6) is 0.177. The number of nitro groups is 2. The fourth-order valence-corrected chi connectivity index (χ4v) is 4.58. The Bertz CT molecular complexity index is 1430. The van der Waals surface area contributed by atoms with Crippen molar-refractivity contribution in [2.24, 2.45) is 0 Å². The first-order chi connectivity index (χ1) is 18.2. The number of nitrogens with zero attached hydrogens (tertiary/aromatic N) is 2. The summed E-state index contributed by atoms with van der Waals surface area (Å²) in [6, 6.07) is 22.5. The lowest BCUT2D eigenvalue weighted by Gasteiger charge is -2.13. The molecule has 38 heavy (non-hydrogen) atoms. The molecule has 0 aliphatic carbocycles. The SMILES string of the molecule is O=C(Oc1ccc([N+](=O)[O-])cc1Cc1ccccc1Br)Oc1ccc([N+](=O)[O-])cc1Cc1ccccc1Br. The van der Waals surface area contributed by atoms with Gasteiger partial charge in [0.05, 0.1) is 9.85 Å². The van der Waals surface area contributed by atoms with Crippen molar-refractivity contribution in [1.29, 1.82) is 0 Å². The standard InChI is InChI=1S/C27H18Br2N2O7/c28-23-7-3-1-5-17(23)13-19-15-21(30(33)34)9-11-25(19)37-27(32)38-26-12-10-22(31(35)36)16-20(26)14-18-6-2-4-8-24(18)29/h1-12,15-16H,13-14H2. The number of nitro benzene ring substituents is 2. The maximum Gasteiger partial charge on any atom is 0.519 e. The summed E-state index contributed by atoms with van der Waals surface area (Å²) in [7, 11) is 0. The van der Waals surface area contributed by atoms with Gasteiger partial charge in [0, 0.05) is 57.2 Å². The van der Waals surface area contributed by atoms with Crippen molar-refractivity contribution in [3.8, 4) is 11.5 Å². The Morgan fingerprint density at radius 1 is 0.632 bits per heavy atom. The first kappa shape index (κ1) is 27.0. The van der Waals surface area contributed by atoms with Gasteiger partial charge in [0.2, 0.25) is 0 Å². The van der Waals surface area contributed by atoms with E-state index in [-0.39, 0.29) is 35.7 Å². The molecule has 0 radical (unpaired) electrons. The van der Waals surface area contributed by atoms with Crippen LogP contribution in [0.5, 0.6) is 11.5 Å². The van der Waals surface area contributed by atoms with Gasteiger partial charge in [-0.2, -0.15) is 0 Å². The molecule has 0 aliphatic rings. The molecular formula is C27H18Br2N2O7. The second-order valence-corrected chi connectivity index (χ2v) is 9.80. The Morgan fingerprint density at radius 2 is 1.03 bits per heavy atom. The van der Waals surface area contributed by atoms with Gasteiger partial charge in [0.1, 0.15) is 11.5 Å². The third kappa shape index (κ3) is 6.61. The van der Waals surface area contributed by atoms with Crippen LogP contribution in [-0.2, 0) is 12.8 Å². The minimum atomic E-state index is -1.09. The van der Waals surface area contributed by atoms with Crippen LogP contribution in [-0.4, -0.2) is 16.0 Å². The number of non-ortho nitro benzene ring substituents is 2. The Balaban J connectivity index is 1.62. The molecule has 0 amide bonds. The zero-order chi connectivity index (χ0) is 27.2. The molecule has 0 bridgehead atoms. The zero-order valence-corrected chi connectivity index (χ0v) is 22.7. The average molecular weight is 642 g/mol. The number of halogens is 2. The molecule has 4 rings (SSSR count). The molecule has 0 heterocycles. The monoisotopic (exact) mass is 640 g/mol. The molecule has 192 valence electrons. The molecule has 4 aromatic carbocycles.